The fourth-order valence-corrected chi connectivity index (χ4v) is 3.91. The number of amides is 1. The van der Waals surface area contributed by atoms with Crippen molar-refractivity contribution in [3.8, 4) is 0 Å². The van der Waals surface area contributed by atoms with Gasteiger partial charge in [-0.15, -0.1) is 0 Å². The van der Waals surface area contributed by atoms with Crippen molar-refractivity contribution in [2.45, 2.75) is 57.3 Å². The van der Waals surface area contributed by atoms with Gasteiger partial charge >= 0.3 is 6.09 Å². The summed E-state index contributed by atoms with van der Waals surface area (Å²) in [6.07, 6.45) is 1.08. The molecule has 1 saturated carbocycles. The van der Waals surface area contributed by atoms with Crippen LogP contribution in [-0.4, -0.2) is 49.7 Å². The molecule has 1 amide bonds. The fourth-order valence-electron chi connectivity index (χ4n) is 2.23. The van der Waals surface area contributed by atoms with Gasteiger partial charge in [-0.05, 0) is 33.6 Å². The molecule has 19 heavy (non-hydrogen) atoms. The van der Waals surface area contributed by atoms with Crippen LogP contribution in [0, 0.1) is 0 Å². The zero-order valence-corrected chi connectivity index (χ0v) is 12.4. The minimum atomic E-state index is -2.85. The van der Waals surface area contributed by atoms with E-state index in [4.69, 9.17) is 4.74 Å². The molecular formula is C12H22N2O4S. The van der Waals surface area contributed by atoms with Crippen molar-refractivity contribution in [3.05, 3.63) is 0 Å². The van der Waals surface area contributed by atoms with Crippen LogP contribution in [0.25, 0.3) is 0 Å². The number of carbonyl (C=O) groups is 1. The molecule has 6 nitrogen and oxygen atoms in total. The predicted octanol–water partition coefficient (Wildman–Crippen LogP) is 0.429. The maximum atomic E-state index is 11.5. The second kappa shape index (κ2) is 4.94. The van der Waals surface area contributed by atoms with Gasteiger partial charge in [0.05, 0.1) is 11.5 Å². The number of rotatable bonds is 3. The van der Waals surface area contributed by atoms with Gasteiger partial charge in [0, 0.05) is 18.1 Å². The Hall–Kier alpha value is -0.820. The van der Waals surface area contributed by atoms with Crippen LogP contribution in [0.15, 0.2) is 0 Å². The van der Waals surface area contributed by atoms with Crippen molar-refractivity contribution in [1.82, 2.24) is 10.6 Å². The molecule has 2 N–H and O–H groups in total. The van der Waals surface area contributed by atoms with Crippen molar-refractivity contribution < 1.29 is 17.9 Å². The molecular weight excluding hydrogens is 268 g/mol. The summed E-state index contributed by atoms with van der Waals surface area (Å²) in [4.78, 5) is 11.5. The average molecular weight is 290 g/mol. The molecule has 110 valence electrons. The van der Waals surface area contributed by atoms with Crippen LogP contribution in [-0.2, 0) is 14.6 Å². The van der Waals surface area contributed by atoms with E-state index in [9.17, 15) is 13.2 Å². The first kappa shape index (κ1) is 14.6. The van der Waals surface area contributed by atoms with E-state index in [0.29, 0.717) is 6.42 Å². The molecule has 1 aliphatic carbocycles. The first-order valence-electron chi connectivity index (χ1n) is 6.61. The Balaban J connectivity index is 1.69. The van der Waals surface area contributed by atoms with E-state index >= 15 is 0 Å². The molecule has 3 atom stereocenters. The Morgan fingerprint density at radius 2 is 1.95 bits per heavy atom. The first-order valence-corrected chi connectivity index (χ1v) is 8.43. The highest BCUT2D eigenvalue weighted by Crippen LogP contribution is 2.24. The van der Waals surface area contributed by atoms with Crippen LogP contribution in [0.5, 0.6) is 0 Å². The van der Waals surface area contributed by atoms with Crippen molar-refractivity contribution in [3.63, 3.8) is 0 Å². The standard InChI is InChI=1S/C12H22N2O4S/c1-12(2,3)18-11(15)14-10-6-9(10)13-8-4-5-19(16,17)7-8/h8-10,13H,4-7H2,1-3H3,(H,14,15). The van der Waals surface area contributed by atoms with Crippen LogP contribution in [0.1, 0.15) is 33.6 Å². The molecule has 1 heterocycles. The highest BCUT2D eigenvalue weighted by molar-refractivity contribution is 7.91. The minimum absolute atomic E-state index is 0.0282. The fraction of sp³-hybridized carbons (Fsp3) is 0.917. The monoisotopic (exact) mass is 290 g/mol. The number of hydrogen-bond donors (Lipinski definition) is 2. The average Bonchev–Trinajstić information content (AvgIpc) is 2.78. The molecule has 1 aliphatic heterocycles. The topological polar surface area (TPSA) is 84.5 Å². The van der Waals surface area contributed by atoms with E-state index < -0.39 is 21.5 Å². The predicted molar refractivity (Wildman–Crippen MR) is 71.8 cm³/mol. The lowest BCUT2D eigenvalue weighted by atomic mass is 10.2. The summed E-state index contributed by atoms with van der Waals surface area (Å²) in [6, 6.07) is 0.254. The lowest BCUT2D eigenvalue weighted by Gasteiger charge is -2.20. The van der Waals surface area contributed by atoms with Gasteiger partial charge in [-0.2, -0.15) is 0 Å². The third-order valence-corrected chi connectivity index (χ3v) is 4.94. The summed E-state index contributed by atoms with van der Waals surface area (Å²) in [5.41, 5.74) is -0.499. The summed E-state index contributed by atoms with van der Waals surface area (Å²) in [5, 5.41) is 6.06. The SMILES string of the molecule is CC(C)(C)OC(=O)NC1CC1NC1CCS(=O)(=O)C1. The third kappa shape index (κ3) is 4.65. The van der Waals surface area contributed by atoms with Gasteiger partial charge in [0.2, 0.25) is 0 Å². The Kier molecular flexibility index (Phi) is 3.79. The lowest BCUT2D eigenvalue weighted by Crippen LogP contribution is -2.39. The van der Waals surface area contributed by atoms with Crippen LogP contribution in [0.2, 0.25) is 0 Å². The molecule has 2 aliphatic rings. The summed E-state index contributed by atoms with van der Waals surface area (Å²) in [5.74, 6) is 0.476. The number of hydrogen-bond acceptors (Lipinski definition) is 5. The molecule has 0 aromatic carbocycles. The Bertz CT molecular complexity index is 455. The van der Waals surface area contributed by atoms with Crippen molar-refractivity contribution >= 4 is 15.9 Å². The third-order valence-electron chi connectivity index (χ3n) is 3.17. The quantitative estimate of drug-likeness (QED) is 0.787. The summed E-state index contributed by atoms with van der Waals surface area (Å²) < 4.78 is 27.8. The number of nitrogens with one attached hydrogen (secondary N) is 2. The second-order valence-electron chi connectivity index (χ2n) is 6.36. The zero-order valence-electron chi connectivity index (χ0n) is 11.6. The largest absolute Gasteiger partial charge is 0.444 e. The summed E-state index contributed by atoms with van der Waals surface area (Å²) in [7, 11) is -2.85. The van der Waals surface area contributed by atoms with E-state index in [0.717, 1.165) is 6.42 Å². The van der Waals surface area contributed by atoms with Gasteiger partial charge in [0.25, 0.3) is 0 Å². The van der Waals surface area contributed by atoms with Crippen LogP contribution < -0.4 is 10.6 Å². The highest BCUT2D eigenvalue weighted by atomic mass is 32.2. The van der Waals surface area contributed by atoms with Crippen molar-refractivity contribution in [2.24, 2.45) is 0 Å². The van der Waals surface area contributed by atoms with E-state index in [1.165, 1.54) is 0 Å². The highest BCUT2D eigenvalue weighted by Gasteiger charge is 2.42. The molecule has 7 heteroatoms. The van der Waals surface area contributed by atoms with E-state index in [1.807, 2.05) is 20.8 Å². The van der Waals surface area contributed by atoms with Gasteiger partial charge in [-0.1, -0.05) is 0 Å². The van der Waals surface area contributed by atoms with E-state index in [1.54, 1.807) is 0 Å². The normalized spacial score (nSPS) is 32.9. The number of carbonyl (C=O) groups excluding carboxylic acids is 1. The Morgan fingerprint density at radius 3 is 2.47 bits per heavy atom. The van der Waals surface area contributed by atoms with Crippen molar-refractivity contribution in [1.29, 1.82) is 0 Å². The van der Waals surface area contributed by atoms with E-state index in [-0.39, 0.29) is 29.6 Å². The maximum absolute atomic E-state index is 11.5. The first-order chi connectivity index (χ1) is 8.65. The number of sulfone groups is 1. The molecule has 0 bridgehead atoms. The molecule has 0 radical (unpaired) electrons. The second-order valence-corrected chi connectivity index (χ2v) is 8.59. The maximum Gasteiger partial charge on any atom is 0.407 e. The van der Waals surface area contributed by atoms with Gasteiger partial charge in [-0.3, -0.25) is 0 Å². The summed E-state index contributed by atoms with van der Waals surface area (Å²) >= 11 is 0. The van der Waals surface area contributed by atoms with Gasteiger partial charge in [0.15, 0.2) is 9.84 Å². The van der Waals surface area contributed by atoms with Crippen LogP contribution >= 0.6 is 0 Å². The Labute approximate surface area is 114 Å². The minimum Gasteiger partial charge on any atom is -0.444 e. The van der Waals surface area contributed by atoms with Gasteiger partial charge in [0.1, 0.15) is 5.60 Å². The lowest BCUT2D eigenvalue weighted by molar-refractivity contribution is 0.0522. The molecule has 0 aromatic rings. The molecule has 0 spiro atoms. The van der Waals surface area contributed by atoms with Gasteiger partial charge < -0.3 is 15.4 Å². The van der Waals surface area contributed by atoms with Gasteiger partial charge in [-0.25, -0.2) is 13.2 Å². The molecule has 2 rings (SSSR count). The summed E-state index contributed by atoms with van der Waals surface area (Å²) in [6.45, 7) is 5.45. The molecule has 0 aromatic heterocycles. The zero-order chi connectivity index (χ0) is 14.3. The number of ether oxygens (including phenoxy) is 1. The molecule has 3 unspecified atom stereocenters. The van der Waals surface area contributed by atoms with Crippen LogP contribution in [0.4, 0.5) is 4.79 Å². The Morgan fingerprint density at radius 1 is 1.26 bits per heavy atom. The van der Waals surface area contributed by atoms with Crippen molar-refractivity contribution in [2.75, 3.05) is 11.5 Å². The molecule has 2 fully saturated rings. The number of alkyl carbamates (subject to hydrolysis) is 1. The van der Waals surface area contributed by atoms with E-state index in [2.05, 4.69) is 10.6 Å². The molecule has 1 saturated heterocycles. The smallest absolute Gasteiger partial charge is 0.407 e. The van der Waals surface area contributed by atoms with Crippen LogP contribution in [0.3, 0.4) is 0 Å².